The normalized spacial score (nSPS) is 11.3. The van der Waals surface area contributed by atoms with E-state index in [0.717, 1.165) is 29.6 Å². The third kappa shape index (κ3) is 2.68. The highest BCUT2D eigenvalue weighted by atomic mass is 15.0. The van der Waals surface area contributed by atoms with Gasteiger partial charge in [-0.05, 0) is 31.9 Å². The summed E-state index contributed by atoms with van der Waals surface area (Å²) in [5.41, 5.74) is 1.55. The number of aromatic nitrogens is 1. The van der Waals surface area contributed by atoms with E-state index < -0.39 is 0 Å². The third-order valence-corrected chi connectivity index (χ3v) is 3.83. The first kappa shape index (κ1) is 13.4. The SMILES string of the molecule is CCC(C)(CC)Nc1cc(C#N)c2ccccc2n1. The summed E-state index contributed by atoms with van der Waals surface area (Å²) < 4.78 is 0. The average Bonchev–Trinajstić information content (AvgIpc) is 2.46. The van der Waals surface area contributed by atoms with E-state index in [9.17, 15) is 5.26 Å². The highest BCUT2D eigenvalue weighted by Crippen LogP contribution is 2.24. The fraction of sp³-hybridized carbons (Fsp3) is 0.375. The van der Waals surface area contributed by atoms with Crippen molar-refractivity contribution in [3.05, 3.63) is 35.9 Å². The molecule has 0 fully saturated rings. The Morgan fingerprint density at radius 2 is 1.95 bits per heavy atom. The maximum absolute atomic E-state index is 9.27. The van der Waals surface area contributed by atoms with E-state index in [-0.39, 0.29) is 5.54 Å². The average molecular weight is 253 g/mol. The number of para-hydroxylation sites is 1. The molecular weight excluding hydrogens is 234 g/mol. The van der Waals surface area contributed by atoms with Crippen molar-refractivity contribution in [1.29, 1.82) is 5.26 Å². The van der Waals surface area contributed by atoms with Gasteiger partial charge in [-0.25, -0.2) is 4.98 Å². The van der Waals surface area contributed by atoms with Crippen LogP contribution in [0, 0.1) is 11.3 Å². The van der Waals surface area contributed by atoms with Crippen LogP contribution in [0.3, 0.4) is 0 Å². The van der Waals surface area contributed by atoms with Crippen LogP contribution in [0.2, 0.25) is 0 Å². The number of anilines is 1. The Bertz CT molecular complexity index is 621. The maximum atomic E-state index is 9.27. The van der Waals surface area contributed by atoms with Crippen molar-refractivity contribution in [3.63, 3.8) is 0 Å². The van der Waals surface area contributed by atoms with Gasteiger partial charge in [0.1, 0.15) is 5.82 Å². The van der Waals surface area contributed by atoms with Crippen LogP contribution >= 0.6 is 0 Å². The highest BCUT2D eigenvalue weighted by molar-refractivity contribution is 5.86. The molecule has 1 aromatic heterocycles. The summed E-state index contributed by atoms with van der Waals surface area (Å²) >= 11 is 0. The number of hydrogen-bond donors (Lipinski definition) is 1. The molecule has 0 aliphatic carbocycles. The van der Waals surface area contributed by atoms with Gasteiger partial charge in [-0.15, -0.1) is 0 Å². The van der Waals surface area contributed by atoms with Crippen LogP contribution in [-0.2, 0) is 0 Å². The second kappa shape index (κ2) is 5.27. The Balaban J connectivity index is 2.49. The Morgan fingerprint density at radius 1 is 1.26 bits per heavy atom. The lowest BCUT2D eigenvalue weighted by atomic mass is 9.95. The Morgan fingerprint density at radius 3 is 2.58 bits per heavy atom. The Labute approximate surface area is 114 Å². The summed E-state index contributed by atoms with van der Waals surface area (Å²) in [4.78, 5) is 4.60. The van der Waals surface area contributed by atoms with Crippen molar-refractivity contribution in [1.82, 2.24) is 4.98 Å². The van der Waals surface area contributed by atoms with Crippen LogP contribution in [0.25, 0.3) is 10.9 Å². The minimum atomic E-state index is 0.0161. The van der Waals surface area contributed by atoms with Crippen LogP contribution in [0.15, 0.2) is 30.3 Å². The number of benzene rings is 1. The summed E-state index contributed by atoms with van der Waals surface area (Å²) in [6, 6.07) is 11.8. The molecule has 1 heterocycles. The van der Waals surface area contributed by atoms with Crippen LogP contribution < -0.4 is 5.32 Å². The third-order valence-electron chi connectivity index (χ3n) is 3.83. The molecule has 0 aliphatic heterocycles. The topological polar surface area (TPSA) is 48.7 Å². The molecule has 3 heteroatoms. The zero-order valence-electron chi connectivity index (χ0n) is 11.7. The number of nitrogens with one attached hydrogen (secondary N) is 1. The molecule has 0 aliphatic rings. The maximum Gasteiger partial charge on any atom is 0.128 e. The van der Waals surface area contributed by atoms with Gasteiger partial charge in [0, 0.05) is 10.9 Å². The fourth-order valence-corrected chi connectivity index (χ4v) is 2.07. The Hall–Kier alpha value is -2.08. The fourth-order valence-electron chi connectivity index (χ4n) is 2.07. The van der Waals surface area contributed by atoms with Crippen LogP contribution in [0.1, 0.15) is 39.2 Å². The number of nitriles is 1. The standard InChI is InChI=1S/C16H19N3/c1-4-16(3,5-2)19-15-10-12(11-17)13-8-6-7-9-14(13)18-15/h6-10H,4-5H2,1-3H3,(H,18,19). The van der Waals surface area contributed by atoms with Crippen LogP contribution in [-0.4, -0.2) is 10.5 Å². The number of nitrogens with zero attached hydrogens (tertiary/aromatic N) is 2. The molecule has 0 unspecified atom stereocenters. The first-order valence-corrected chi connectivity index (χ1v) is 6.70. The molecule has 19 heavy (non-hydrogen) atoms. The smallest absolute Gasteiger partial charge is 0.128 e. The molecule has 0 bridgehead atoms. The molecule has 2 aromatic rings. The molecule has 1 aromatic carbocycles. The largest absolute Gasteiger partial charge is 0.365 e. The minimum Gasteiger partial charge on any atom is -0.365 e. The van der Waals surface area contributed by atoms with Gasteiger partial charge in [-0.2, -0.15) is 5.26 Å². The van der Waals surface area contributed by atoms with E-state index in [1.165, 1.54) is 0 Å². The highest BCUT2D eigenvalue weighted by Gasteiger charge is 2.20. The first-order valence-electron chi connectivity index (χ1n) is 6.70. The summed E-state index contributed by atoms with van der Waals surface area (Å²) in [6.45, 7) is 6.49. The summed E-state index contributed by atoms with van der Waals surface area (Å²) in [5, 5.41) is 13.6. The van der Waals surface area contributed by atoms with Crippen molar-refractivity contribution >= 4 is 16.7 Å². The number of rotatable bonds is 4. The monoisotopic (exact) mass is 253 g/mol. The molecule has 0 saturated carbocycles. The molecule has 0 saturated heterocycles. The van der Waals surface area contributed by atoms with E-state index in [1.54, 1.807) is 0 Å². The summed E-state index contributed by atoms with van der Waals surface area (Å²) in [6.07, 6.45) is 2.03. The second-order valence-electron chi connectivity index (χ2n) is 5.08. The second-order valence-corrected chi connectivity index (χ2v) is 5.08. The van der Waals surface area contributed by atoms with Gasteiger partial charge in [0.25, 0.3) is 0 Å². The van der Waals surface area contributed by atoms with Gasteiger partial charge in [0.05, 0.1) is 17.1 Å². The van der Waals surface area contributed by atoms with E-state index in [1.807, 2.05) is 30.3 Å². The van der Waals surface area contributed by atoms with Crippen molar-refractivity contribution in [2.45, 2.75) is 39.2 Å². The molecule has 0 radical (unpaired) electrons. The minimum absolute atomic E-state index is 0.0161. The van der Waals surface area contributed by atoms with Gasteiger partial charge in [0.15, 0.2) is 0 Å². The molecule has 98 valence electrons. The number of pyridine rings is 1. The summed E-state index contributed by atoms with van der Waals surface area (Å²) in [5.74, 6) is 0.779. The van der Waals surface area contributed by atoms with Crippen molar-refractivity contribution in [3.8, 4) is 6.07 Å². The molecule has 2 rings (SSSR count). The summed E-state index contributed by atoms with van der Waals surface area (Å²) in [7, 11) is 0. The van der Waals surface area contributed by atoms with E-state index >= 15 is 0 Å². The van der Waals surface area contributed by atoms with Crippen LogP contribution in [0.4, 0.5) is 5.82 Å². The predicted octanol–water partition coefficient (Wildman–Crippen LogP) is 4.10. The van der Waals surface area contributed by atoms with Gasteiger partial charge in [-0.3, -0.25) is 0 Å². The zero-order chi connectivity index (χ0) is 13.9. The molecule has 0 atom stereocenters. The number of hydrogen-bond acceptors (Lipinski definition) is 3. The van der Waals surface area contributed by atoms with Gasteiger partial charge in [-0.1, -0.05) is 32.0 Å². The molecule has 1 N–H and O–H groups in total. The molecule has 0 amide bonds. The van der Waals surface area contributed by atoms with E-state index in [0.29, 0.717) is 5.56 Å². The lowest BCUT2D eigenvalue weighted by molar-refractivity contribution is 0.477. The van der Waals surface area contributed by atoms with Crippen molar-refractivity contribution in [2.75, 3.05) is 5.32 Å². The van der Waals surface area contributed by atoms with Gasteiger partial charge >= 0.3 is 0 Å². The molecule has 3 nitrogen and oxygen atoms in total. The Kier molecular flexibility index (Phi) is 3.71. The van der Waals surface area contributed by atoms with E-state index in [4.69, 9.17) is 0 Å². The quantitative estimate of drug-likeness (QED) is 0.892. The molecule has 0 spiro atoms. The zero-order valence-corrected chi connectivity index (χ0v) is 11.7. The number of fused-ring (bicyclic) bond motifs is 1. The predicted molar refractivity (Wildman–Crippen MR) is 79.1 cm³/mol. The van der Waals surface area contributed by atoms with Crippen molar-refractivity contribution in [2.24, 2.45) is 0 Å². The van der Waals surface area contributed by atoms with Crippen molar-refractivity contribution < 1.29 is 0 Å². The lowest BCUT2D eigenvalue weighted by Crippen LogP contribution is -2.33. The van der Waals surface area contributed by atoms with E-state index in [2.05, 4.69) is 37.1 Å². The lowest BCUT2D eigenvalue weighted by Gasteiger charge is -2.29. The molecular formula is C16H19N3. The first-order chi connectivity index (χ1) is 9.11. The van der Waals surface area contributed by atoms with Gasteiger partial charge < -0.3 is 5.32 Å². The van der Waals surface area contributed by atoms with Crippen LogP contribution in [0.5, 0.6) is 0 Å². The van der Waals surface area contributed by atoms with Gasteiger partial charge in [0.2, 0.25) is 0 Å².